The molecule has 1 N–H and O–H groups in total. The highest BCUT2D eigenvalue weighted by molar-refractivity contribution is 5.92. The summed E-state index contributed by atoms with van der Waals surface area (Å²) < 4.78 is 10.1. The number of rotatable bonds is 6. The van der Waals surface area contributed by atoms with Gasteiger partial charge in [-0.3, -0.25) is 4.79 Å². The number of carbonyl (C=O) groups is 1. The van der Waals surface area contributed by atoms with Crippen molar-refractivity contribution in [2.75, 3.05) is 38.8 Å². The Morgan fingerprint density at radius 3 is 2.67 bits per heavy atom. The van der Waals surface area contributed by atoms with Gasteiger partial charge in [0.15, 0.2) is 6.29 Å². The number of carbonyl (C=O) groups excluding carboxylic acids is 1. The molecule has 6 heteroatoms. The van der Waals surface area contributed by atoms with Crippen molar-refractivity contribution in [3.05, 3.63) is 23.9 Å². The predicted molar refractivity (Wildman–Crippen MR) is 80.4 cm³/mol. The third-order valence-electron chi connectivity index (χ3n) is 3.60. The maximum absolute atomic E-state index is 12.1. The first-order valence-corrected chi connectivity index (χ1v) is 7.30. The molecule has 0 unspecified atom stereocenters. The van der Waals surface area contributed by atoms with Gasteiger partial charge in [0.25, 0.3) is 5.91 Å². The normalized spacial score (nSPS) is 15.3. The van der Waals surface area contributed by atoms with Gasteiger partial charge in [-0.15, -0.1) is 0 Å². The second kappa shape index (κ2) is 7.95. The molecule has 116 valence electrons. The highest BCUT2D eigenvalue weighted by Crippen LogP contribution is 2.17. The predicted octanol–water partition coefficient (Wildman–Crippen LogP) is 1.42. The molecular formula is C15H23N3O3. The van der Waals surface area contributed by atoms with Crippen molar-refractivity contribution in [3.8, 4) is 0 Å². The van der Waals surface area contributed by atoms with Gasteiger partial charge in [-0.1, -0.05) is 6.07 Å². The van der Waals surface area contributed by atoms with Crippen LogP contribution in [0.1, 0.15) is 29.8 Å². The molecule has 0 saturated carbocycles. The molecule has 2 heterocycles. The quantitative estimate of drug-likeness (QED) is 0.804. The van der Waals surface area contributed by atoms with Gasteiger partial charge in [-0.05, 0) is 31.4 Å². The molecule has 0 spiro atoms. The summed E-state index contributed by atoms with van der Waals surface area (Å²) in [6, 6.07) is 5.54. The Morgan fingerprint density at radius 2 is 2.00 bits per heavy atom. The minimum Gasteiger partial charge on any atom is -0.357 e. The SMILES string of the molecule is COC(CNC(=O)c1cccc(N2CCCCC2)n1)OC. The van der Waals surface area contributed by atoms with Crippen LogP contribution in [0.25, 0.3) is 0 Å². The smallest absolute Gasteiger partial charge is 0.270 e. The Morgan fingerprint density at radius 1 is 1.29 bits per heavy atom. The van der Waals surface area contributed by atoms with E-state index in [4.69, 9.17) is 9.47 Å². The molecule has 6 nitrogen and oxygen atoms in total. The minimum absolute atomic E-state index is 0.215. The fraction of sp³-hybridized carbons (Fsp3) is 0.600. The standard InChI is InChI=1S/C15H23N3O3/c1-20-14(21-2)11-16-15(19)12-7-6-8-13(17-12)18-9-4-3-5-10-18/h6-8,14H,3-5,9-11H2,1-2H3,(H,16,19). The van der Waals surface area contributed by atoms with E-state index < -0.39 is 6.29 Å². The van der Waals surface area contributed by atoms with E-state index in [9.17, 15) is 4.79 Å². The van der Waals surface area contributed by atoms with E-state index in [1.165, 1.54) is 33.5 Å². The Kier molecular flexibility index (Phi) is 5.95. The van der Waals surface area contributed by atoms with Gasteiger partial charge in [0, 0.05) is 27.3 Å². The van der Waals surface area contributed by atoms with Crippen molar-refractivity contribution >= 4 is 11.7 Å². The molecule has 0 bridgehead atoms. The van der Waals surface area contributed by atoms with Crippen LogP contribution in [0.2, 0.25) is 0 Å². The molecule has 1 saturated heterocycles. The number of methoxy groups -OCH3 is 2. The molecule has 0 aliphatic carbocycles. The number of ether oxygens (including phenoxy) is 2. The summed E-state index contributed by atoms with van der Waals surface area (Å²) in [6.07, 6.45) is 3.19. The molecule has 1 amide bonds. The molecule has 0 radical (unpaired) electrons. The monoisotopic (exact) mass is 293 g/mol. The third kappa shape index (κ3) is 4.41. The number of aromatic nitrogens is 1. The lowest BCUT2D eigenvalue weighted by Crippen LogP contribution is -2.35. The Hall–Kier alpha value is -1.66. The summed E-state index contributed by atoms with van der Waals surface area (Å²) in [6.45, 7) is 2.31. The van der Waals surface area contributed by atoms with Crippen LogP contribution in [-0.2, 0) is 9.47 Å². The van der Waals surface area contributed by atoms with Crippen LogP contribution in [0, 0.1) is 0 Å². The van der Waals surface area contributed by atoms with Crippen LogP contribution >= 0.6 is 0 Å². The third-order valence-corrected chi connectivity index (χ3v) is 3.60. The first kappa shape index (κ1) is 15.7. The highest BCUT2D eigenvalue weighted by atomic mass is 16.7. The van der Waals surface area contributed by atoms with Crippen molar-refractivity contribution in [3.63, 3.8) is 0 Å². The van der Waals surface area contributed by atoms with E-state index in [0.717, 1.165) is 18.9 Å². The lowest BCUT2D eigenvalue weighted by Gasteiger charge is -2.27. The summed E-state index contributed by atoms with van der Waals surface area (Å²) in [5.74, 6) is 0.658. The highest BCUT2D eigenvalue weighted by Gasteiger charge is 2.15. The fourth-order valence-corrected chi connectivity index (χ4v) is 2.38. The largest absolute Gasteiger partial charge is 0.357 e. The van der Waals surface area contributed by atoms with Crippen molar-refractivity contribution in [2.24, 2.45) is 0 Å². The summed E-state index contributed by atoms with van der Waals surface area (Å²) in [5.41, 5.74) is 0.420. The van der Waals surface area contributed by atoms with Crippen molar-refractivity contribution < 1.29 is 14.3 Å². The number of anilines is 1. The van der Waals surface area contributed by atoms with Gasteiger partial charge in [0.1, 0.15) is 11.5 Å². The number of nitrogens with one attached hydrogen (secondary N) is 1. The Labute approximate surface area is 125 Å². The summed E-state index contributed by atoms with van der Waals surface area (Å²) in [4.78, 5) is 18.8. The van der Waals surface area contributed by atoms with Crippen LogP contribution in [0.3, 0.4) is 0 Å². The van der Waals surface area contributed by atoms with Crippen LogP contribution in [-0.4, -0.2) is 51.0 Å². The number of pyridine rings is 1. The Balaban J connectivity index is 1.97. The van der Waals surface area contributed by atoms with E-state index in [0.29, 0.717) is 12.2 Å². The van der Waals surface area contributed by atoms with E-state index in [2.05, 4.69) is 15.2 Å². The first-order valence-electron chi connectivity index (χ1n) is 7.30. The molecule has 1 fully saturated rings. The Bertz CT molecular complexity index is 457. The molecular weight excluding hydrogens is 270 g/mol. The zero-order valence-corrected chi connectivity index (χ0v) is 12.7. The lowest BCUT2D eigenvalue weighted by molar-refractivity contribution is -0.0974. The number of hydrogen-bond donors (Lipinski definition) is 1. The van der Waals surface area contributed by atoms with E-state index in [1.54, 1.807) is 6.07 Å². The lowest BCUT2D eigenvalue weighted by atomic mass is 10.1. The van der Waals surface area contributed by atoms with Gasteiger partial charge in [-0.25, -0.2) is 4.98 Å². The number of piperidine rings is 1. The zero-order chi connectivity index (χ0) is 15.1. The summed E-state index contributed by atoms with van der Waals surface area (Å²) in [5, 5.41) is 2.76. The van der Waals surface area contributed by atoms with Gasteiger partial charge < -0.3 is 19.7 Å². The number of hydrogen-bond acceptors (Lipinski definition) is 5. The maximum atomic E-state index is 12.1. The summed E-state index contributed by atoms with van der Waals surface area (Å²) >= 11 is 0. The van der Waals surface area contributed by atoms with Crippen LogP contribution < -0.4 is 10.2 Å². The molecule has 2 rings (SSSR count). The summed E-state index contributed by atoms with van der Waals surface area (Å²) in [7, 11) is 3.07. The van der Waals surface area contributed by atoms with Crippen molar-refractivity contribution in [1.82, 2.24) is 10.3 Å². The minimum atomic E-state index is -0.445. The molecule has 0 atom stereocenters. The topological polar surface area (TPSA) is 63.7 Å². The molecule has 21 heavy (non-hydrogen) atoms. The van der Waals surface area contributed by atoms with Gasteiger partial charge in [-0.2, -0.15) is 0 Å². The second-order valence-electron chi connectivity index (χ2n) is 5.04. The number of amides is 1. The molecule has 1 aliphatic rings. The number of nitrogens with zero attached hydrogens (tertiary/aromatic N) is 2. The van der Waals surface area contributed by atoms with E-state index in [-0.39, 0.29) is 5.91 Å². The molecule has 1 aromatic rings. The fourth-order valence-electron chi connectivity index (χ4n) is 2.38. The van der Waals surface area contributed by atoms with Gasteiger partial charge in [0.2, 0.25) is 0 Å². The second-order valence-corrected chi connectivity index (χ2v) is 5.04. The van der Waals surface area contributed by atoms with Crippen molar-refractivity contribution in [2.45, 2.75) is 25.6 Å². The average Bonchev–Trinajstić information content (AvgIpc) is 2.56. The van der Waals surface area contributed by atoms with Crippen LogP contribution in [0.4, 0.5) is 5.82 Å². The molecule has 1 aromatic heterocycles. The van der Waals surface area contributed by atoms with Crippen LogP contribution in [0.5, 0.6) is 0 Å². The van der Waals surface area contributed by atoms with E-state index >= 15 is 0 Å². The molecule has 1 aliphatic heterocycles. The van der Waals surface area contributed by atoms with Gasteiger partial charge in [0.05, 0.1) is 6.54 Å². The first-order chi connectivity index (χ1) is 10.2. The van der Waals surface area contributed by atoms with Crippen molar-refractivity contribution in [1.29, 1.82) is 0 Å². The zero-order valence-electron chi connectivity index (χ0n) is 12.7. The van der Waals surface area contributed by atoms with E-state index in [1.807, 2.05) is 12.1 Å². The van der Waals surface area contributed by atoms with Crippen LogP contribution in [0.15, 0.2) is 18.2 Å². The molecule has 0 aromatic carbocycles. The maximum Gasteiger partial charge on any atom is 0.270 e. The van der Waals surface area contributed by atoms with Gasteiger partial charge >= 0.3 is 0 Å². The average molecular weight is 293 g/mol.